The fraction of sp³-hybridized carbons (Fsp3) is 0.167. The maximum atomic E-state index is 12.3. The van der Waals surface area contributed by atoms with Gasteiger partial charge in [-0.25, -0.2) is 0 Å². The highest BCUT2D eigenvalue weighted by molar-refractivity contribution is 6.07. The van der Waals surface area contributed by atoms with Gasteiger partial charge in [0.1, 0.15) is 13.2 Å². The van der Waals surface area contributed by atoms with E-state index in [1.807, 2.05) is 12.1 Å². The van der Waals surface area contributed by atoms with Crippen molar-refractivity contribution in [3.05, 3.63) is 69.3 Å². The molecule has 0 fully saturated rings. The van der Waals surface area contributed by atoms with E-state index in [9.17, 15) is 14.9 Å². The summed E-state index contributed by atoms with van der Waals surface area (Å²) in [5.41, 5.74) is 1.44. The zero-order valence-electron chi connectivity index (χ0n) is 13.0. The van der Waals surface area contributed by atoms with Gasteiger partial charge in [0.25, 0.3) is 5.69 Å². The van der Waals surface area contributed by atoms with Gasteiger partial charge in [-0.2, -0.15) is 0 Å². The summed E-state index contributed by atoms with van der Waals surface area (Å²) in [6.07, 6.45) is 3.00. The quantitative estimate of drug-likeness (QED) is 0.371. The number of fused-ring (bicyclic) bond motifs is 1. The van der Waals surface area contributed by atoms with Crippen LogP contribution in [0.25, 0.3) is 6.08 Å². The van der Waals surface area contributed by atoms with Crippen LogP contribution in [0.5, 0.6) is 11.5 Å². The number of ether oxygens (including phenoxy) is 2. The summed E-state index contributed by atoms with van der Waals surface area (Å²) < 4.78 is 11.1. The topological polar surface area (TPSA) is 78.7 Å². The van der Waals surface area contributed by atoms with Crippen molar-refractivity contribution in [1.29, 1.82) is 0 Å². The molecule has 1 heterocycles. The zero-order chi connectivity index (χ0) is 17.1. The molecule has 3 rings (SSSR count). The number of nitro groups is 1. The summed E-state index contributed by atoms with van der Waals surface area (Å²) >= 11 is 0. The highest BCUT2D eigenvalue weighted by atomic mass is 16.6. The number of ketones is 1. The predicted molar refractivity (Wildman–Crippen MR) is 88.6 cm³/mol. The van der Waals surface area contributed by atoms with Gasteiger partial charge in [0.2, 0.25) is 0 Å². The molecule has 24 heavy (non-hydrogen) atoms. The second kappa shape index (κ2) is 6.54. The van der Waals surface area contributed by atoms with E-state index in [1.54, 1.807) is 31.2 Å². The van der Waals surface area contributed by atoms with Crippen LogP contribution >= 0.6 is 0 Å². The third kappa shape index (κ3) is 3.12. The zero-order valence-corrected chi connectivity index (χ0v) is 13.0. The Kier molecular flexibility index (Phi) is 4.29. The molecule has 0 aromatic heterocycles. The first-order valence-corrected chi connectivity index (χ1v) is 7.42. The Labute approximate surface area is 138 Å². The van der Waals surface area contributed by atoms with E-state index in [4.69, 9.17) is 9.47 Å². The Morgan fingerprint density at radius 1 is 1.21 bits per heavy atom. The SMILES string of the molecule is Cc1ccc(C(=O)/C=C/c2cccc3c2OCCO3)cc1[N+](=O)[O-]. The van der Waals surface area contributed by atoms with E-state index in [-0.39, 0.29) is 17.0 Å². The molecule has 0 N–H and O–H groups in total. The van der Waals surface area contributed by atoms with Gasteiger partial charge in [0.05, 0.1) is 4.92 Å². The van der Waals surface area contributed by atoms with Gasteiger partial charge in [-0.1, -0.05) is 24.3 Å². The van der Waals surface area contributed by atoms with Crippen molar-refractivity contribution in [2.45, 2.75) is 6.92 Å². The third-order valence-electron chi connectivity index (χ3n) is 3.70. The number of hydrogen-bond acceptors (Lipinski definition) is 5. The molecular weight excluding hydrogens is 310 g/mol. The van der Waals surface area contributed by atoms with E-state index >= 15 is 0 Å². The maximum Gasteiger partial charge on any atom is 0.273 e. The summed E-state index contributed by atoms with van der Waals surface area (Å²) in [5, 5.41) is 11.0. The molecule has 0 spiro atoms. The lowest BCUT2D eigenvalue weighted by Crippen LogP contribution is -2.15. The molecule has 0 bridgehead atoms. The normalized spacial score (nSPS) is 13.0. The standard InChI is InChI=1S/C18H15NO5/c1-12-5-6-14(11-15(12)19(21)22)16(20)8-7-13-3-2-4-17-18(13)24-10-9-23-17/h2-8,11H,9-10H2,1H3/b8-7+. The minimum absolute atomic E-state index is 0.0666. The number of benzene rings is 2. The van der Waals surface area contributed by atoms with Crippen LogP contribution in [0.15, 0.2) is 42.5 Å². The molecule has 0 aliphatic carbocycles. The van der Waals surface area contributed by atoms with Gasteiger partial charge >= 0.3 is 0 Å². The maximum absolute atomic E-state index is 12.3. The van der Waals surface area contributed by atoms with Gasteiger partial charge in [-0.3, -0.25) is 14.9 Å². The minimum Gasteiger partial charge on any atom is -0.486 e. The Morgan fingerprint density at radius 2 is 2.00 bits per heavy atom. The lowest BCUT2D eigenvalue weighted by molar-refractivity contribution is -0.385. The lowest BCUT2D eigenvalue weighted by Gasteiger charge is -2.19. The summed E-state index contributed by atoms with van der Waals surface area (Å²) in [7, 11) is 0. The van der Waals surface area contributed by atoms with Gasteiger partial charge in [0.15, 0.2) is 17.3 Å². The first-order valence-electron chi connectivity index (χ1n) is 7.42. The molecule has 122 valence electrons. The van der Waals surface area contributed by atoms with Crippen LogP contribution in [-0.4, -0.2) is 23.9 Å². The number of nitro benzene ring substituents is 1. The molecule has 2 aromatic carbocycles. The van der Waals surface area contributed by atoms with Crippen LogP contribution in [0.4, 0.5) is 5.69 Å². The van der Waals surface area contributed by atoms with Crippen LogP contribution in [0, 0.1) is 17.0 Å². The minimum atomic E-state index is -0.491. The molecule has 0 saturated carbocycles. The lowest BCUT2D eigenvalue weighted by atomic mass is 10.1. The monoisotopic (exact) mass is 325 g/mol. The number of para-hydroxylation sites is 1. The Bertz CT molecular complexity index is 841. The van der Waals surface area contributed by atoms with E-state index < -0.39 is 4.92 Å². The average Bonchev–Trinajstić information content (AvgIpc) is 2.59. The molecule has 0 saturated heterocycles. The number of rotatable bonds is 4. The van der Waals surface area contributed by atoms with E-state index in [1.165, 1.54) is 12.1 Å². The molecule has 1 aliphatic heterocycles. The van der Waals surface area contributed by atoms with Crippen molar-refractivity contribution < 1.29 is 19.2 Å². The summed E-state index contributed by atoms with van der Waals surface area (Å²) in [6, 6.07) is 9.87. The van der Waals surface area contributed by atoms with Crippen LogP contribution in [-0.2, 0) is 0 Å². The van der Waals surface area contributed by atoms with E-state index in [0.29, 0.717) is 30.3 Å². The summed E-state index contributed by atoms with van der Waals surface area (Å²) in [6.45, 7) is 2.58. The number of carbonyl (C=O) groups excluding carboxylic acids is 1. The van der Waals surface area contributed by atoms with Crippen LogP contribution in [0.2, 0.25) is 0 Å². The van der Waals surface area contributed by atoms with Crippen molar-refractivity contribution in [1.82, 2.24) is 0 Å². The number of nitrogens with zero attached hydrogens (tertiary/aromatic N) is 1. The molecular formula is C18H15NO5. The molecule has 2 aromatic rings. The second-order valence-corrected chi connectivity index (χ2v) is 5.33. The highest BCUT2D eigenvalue weighted by Crippen LogP contribution is 2.34. The van der Waals surface area contributed by atoms with Gasteiger partial charge < -0.3 is 9.47 Å². The van der Waals surface area contributed by atoms with Gasteiger partial charge in [-0.15, -0.1) is 0 Å². The van der Waals surface area contributed by atoms with Gasteiger partial charge in [0, 0.05) is 22.8 Å². The highest BCUT2D eigenvalue weighted by Gasteiger charge is 2.15. The van der Waals surface area contributed by atoms with Crippen LogP contribution in [0.1, 0.15) is 21.5 Å². The molecule has 6 heteroatoms. The molecule has 1 aliphatic rings. The fourth-order valence-electron chi connectivity index (χ4n) is 2.45. The molecule has 6 nitrogen and oxygen atoms in total. The molecule has 0 atom stereocenters. The van der Waals surface area contributed by atoms with Gasteiger partial charge in [-0.05, 0) is 25.1 Å². The number of carbonyl (C=O) groups is 1. The summed E-state index contributed by atoms with van der Waals surface area (Å²) in [4.78, 5) is 22.8. The first kappa shape index (κ1) is 15.7. The van der Waals surface area contributed by atoms with Crippen molar-refractivity contribution in [2.24, 2.45) is 0 Å². The smallest absolute Gasteiger partial charge is 0.273 e. The molecule has 0 radical (unpaired) electrons. The Balaban J connectivity index is 1.86. The Hall–Kier alpha value is -3.15. The summed E-state index contributed by atoms with van der Waals surface area (Å²) in [5.74, 6) is 0.928. The van der Waals surface area contributed by atoms with E-state index in [0.717, 1.165) is 5.56 Å². The molecule has 0 amide bonds. The number of aryl methyl sites for hydroxylation is 1. The van der Waals surface area contributed by atoms with Crippen LogP contribution < -0.4 is 9.47 Å². The average molecular weight is 325 g/mol. The molecule has 0 unspecified atom stereocenters. The van der Waals surface area contributed by atoms with Crippen molar-refractivity contribution in [3.63, 3.8) is 0 Å². The largest absolute Gasteiger partial charge is 0.486 e. The Morgan fingerprint density at radius 3 is 2.79 bits per heavy atom. The van der Waals surface area contributed by atoms with E-state index in [2.05, 4.69) is 0 Å². The number of hydrogen-bond donors (Lipinski definition) is 0. The predicted octanol–water partition coefficient (Wildman–Crippen LogP) is 3.57. The fourth-order valence-corrected chi connectivity index (χ4v) is 2.45. The third-order valence-corrected chi connectivity index (χ3v) is 3.70. The van der Waals surface area contributed by atoms with Crippen molar-refractivity contribution in [2.75, 3.05) is 13.2 Å². The number of allylic oxidation sites excluding steroid dienone is 1. The van der Waals surface area contributed by atoms with Crippen LogP contribution in [0.3, 0.4) is 0 Å². The second-order valence-electron chi connectivity index (χ2n) is 5.33. The van der Waals surface area contributed by atoms with Crippen molar-refractivity contribution in [3.8, 4) is 11.5 Å². The first-order chi connectivity index (χ1) is 11.6. The van der Waals surface area contributed by atoms with Crippen molar-refractivity contribution >= 4 is 17.5 Å².